The highest BCUT2D eigenvalue weighted by Gasteiger charge is 2.15. The van der Waals surface area contributed by atoms with Gasteiger partial charge in [0.1, 0.15) is 11.5 Å². The van der Waals surface area contributed by atoms with Crippen LogP contribution in [-0.2, 0) is 0 Å². The van der Waals surface area contributed by atoms with Crippen LogP contribution in [0, 0.1) is 0 Å². The molecule has 3 N–H and O–H groups in total. The van der Waals surface area contributed by atoms with Crippen molar-refractivity contribution in [1.29, 1.82) is 0 Å². The summed E-state index contributed by atoms with van der Waals surface area (Å²) >= 11 is 0. The molecule has 0 unspecified atom stereocenters. The summed E-state index contributed by atoms with van der Waals surface area (Å²) in [4.78, 5) is 26.9. The smallest absolute Gasteiger partial charge is 0.335 e. The van der Waals surface area contributed by atoms with Gasteiger partial charge in [0.15, 0.2) is 0 Å². The maximum atomic E-state index is 12.1. The largest absolute Gasteiger partial charge is 0.506 e. The van der Waals surface area contributed by atoms with E-state index in [2.05, 4.69) is 10.3 Å². The first kappa shape index (κ1) is 14.3. The van der Waals surface area contributed by atoms with Gasteiger partial charge in [-0.1, -0.05) is 0 Å². The number of aromatic hydroxyl groups is 1. The van der Waals surface area contributed by atoms with Crippen LogP contribution in [0.25, 0.3) is 0 Å². The van der Waals surface area contributed by atoms with Gasteiger partial charge in [-0.2, -0.15) is 0 Å². The maximum absolute atomic E-state index is 12.1. The Balaban J connectivity index is 2.31. The molecular weight excluding hydrogens is 276 g/mol. The lowest BCUT2D eigenvalue weighted by Crippen LogP contribution is -2.14. The predicted molar refractivity (Wildman–Crippen MR) is 73.8 cm³/mol. The molecule has 7 heteroatoms. The lowest BCUT2D eigenvalue weighted by molar-refractivity contribution is 0.0696. The molecule has 0 aliphatic carbocycles. The van der Waals surface area contributed by atoms with Crippen molar-refractivity contribution >= 4 is 17.6 Å². The average Bonchev–Trinajstić information content (AvgIpc) is 2.49. The molecule has 1 aromatic carbocycles. The molecule has 1 amide bonds. The SMILES string of the molecule is COc1cnccc1C(=O)Nc1cc(C(=O)O)ccc1O. The fourth-order valence-corrected chi connectivity index (χ4v) is 1.69. The van der Waals surface area contributed by atoms with E-state index in [1.807, 2.05) is 0 Å². The van der Waals surface area contributed by atoms with E-state index in [1.54, 1.807) is 0 Å². The first-order valence-electron chi connectivity index (χ1n) is 5.88. The topological polar surface area (TPSA) is 109 Å². The van der Waals surface area contributed by atoms with Crippen LogP contribution in [0.2, 0.25) is 0 Å². The minimum Gasteiger partial charge on any atom is -0.506 e. The quantitative estimate of drug-likeness (QED) is 0.739. The van der Waals surface area contributed by atoms with Crippen LogP contribution in [0.5, 0.6) is 11.5 Å². The molecule has 2 rings (SSSR count). The van der Waals surface area contributed by atoms with Crippen molar-refractivity contribution in [2.75, 3.05) is 12.4 Å². The number of benzene rings is 1. The Bertz CT molecular complexity index is 700. The zero-order valence-corrected chi connectivity index (χ0v) is 11.0. The molecule has 21 heavy (non-hydrogen) atoms. The van der Waals surface area contributed by atoms with E-state index in [-0.39, 0.29) is 28.3 Å². The number of phenolic OH excluding ortho intramolecular Hbond substituents is 1. The summed E-state index contributed by atoms with van der Waals surface area (Å²) in [5.41, 5.74) is 0.163. The number of pyridine rings is 1. The van der Waals surface area contributed by atoms with Crippen molar-refractivity contribution in [3.05, 3.63) is 47.8 Å². The van der Waals surface area contributed by atoms with E-state index in [0.717, 1.165) is 0 Å². The van der Waals surface area contributed by atoms with Crippen molar-refractivity contribution < 1.29 is 24.5 Å². The van der Waals surface area contributed by atoms with Gasteiger partial charge in [0, 0.05) is 6.20 Å². The van der Waals surface area contributed by atoms with Crippen LogP contribution >= 0.6 is 0 Å². The summed E-state index contributed by atoms with van der Waals surface area (Å²) in [7, 11) is 1.40. The normalized spacial score (nSPS) is 9.95. The molecule has 7 nitrogen and oxygen atoms in total. The van der Waals surface area contributed by atoms with Crippen LogP contribution in [0.15, 0.2) is 36.7 Å². The van der Waals surface area contributed by atoms with Crippen LogP contribution in [0.4, 0.5) is 5.69 Å². The van der Waals surface area contributed by atoms with E-state index in [4.69, 9.17) is 9.84 Å². The summed E-state index contributed by atoms with van der Waals surface area (Å²) < 4.78 is 5.02. The molecule has 0 radical (unpaired) electrons. The molecule has 1 heterocycles. The minimum atomic E-state index is -1.16. The highest BCUT2D eigenvalue weighted by Crippen LogP contribution is 2.26. The minimum absolute atomic E-state index is 0.00114. The number of aromatic nitrogens is 1. The molecular formula is C14H12N2O5. The van der Waals surface area contributed by atoms with Gasteiger partial charge < -0.3 is 20.3 Å². The third-order valence-corrected chi connectivity index (χ3v) is 2.74. The summed E-state index contributed by atoms with van der Waals surface area (Å²) in [6.45, 7) is 0. The number of anilines is 1. The lowest BCUT2D eigenvalue weighted by atomic mass is 10.1. The van der Waals surface area contributed by atoms with E-state index in [0.29, 0.717) is 0 Å². The van der Waals surface area contributed by atoms with Gasteiger partial charge in [-0.3, -0.25) is 9.78 Å². The number of hydrogen-bond donors (Lipinski definition) is 3. The van der Waals surface area contributed by atoms with Crippen molar-refractivity contribution in [3.8, 4) is 11.5 Å². The Morgan fingerprint density at radius 1 is 1.29 bits per heavy atom. The molecule has 0 bridgehead atoms. The highest BCUT2D eigenvalue weighted by molar-refractivity contribution is 6.07. The van der Waals surface area contributed by atoms with Gasteiger partial charge in [0.25, 0.3) is 5.91 Å². The zero-order chi connectivity index (χ0) is 15.4. The number of amides is 1. The molecule has 2 aromatic rings. The van der Waals surface area contributed by atoms with Crippen molar-refractivity contribution in [1.82, 2.24) is 4.98 Å². The molecule has 1 aromatic heterocycles. The predicted octanol–water partition coefficient (Wildman–Crippen LogP) is 1.75. The van der Waals surface area contributed by atoms with Gasteiger partial charge in [0.05, 0.1) is 30.1 Å². The molecule has 0 aliphatic heterocycles. The monoisotopic (exact) mass is 288 g/mol. The van der Waals surface area contributed by atoms with Crippen molar-refractivity contribution in [2.24, 2.45) is 0 Å². The Morgan fingerprint density at radius 2 is 2.05 bits per heavy atom. The van der Waals surface area contributed by atoms with E-state index in [9.17, 15) is 14.7 Å². The number of nitrogens with zero attached hydrogens (tertiary/aromatic N) is 1. The fraction of sp³-hybridized carbons (Fsp3) is 0.0714. The summed E-state index contributed by atoms with van der Waals surface area (Å²) in [5.74, 6) is -1.68. The Hall–Kier alpha value is -3.09. The summed E-state index contributed by atoms with van der Waals surface area (Å²) in [6, 6.07) is 5.05. The number of carbonyl (C=O) groups excluding carboxylic acids is 1. The van der Waals surface area contributed by atoms with Crippen LogP contribution in [0.1, 0.15) is 20.7 Å². The molecule has 0 aliphatic rings. The van der Waals surface area contributed by atoms with E-state index < -0.39 is 11.9 Å². The molecule has 0 fully saturated rings. The van der Waals surface area contributed by atoms with Gasteiger partial charge in [-0.25, -0.2) is 4.79 Å². The van der Waals surface area contributed by atoms with Gasteiger partial charge >= 0.3 is 5.97 Å². The number of carboxylic acids is 1. The second kappa shape index (κ2) is 5.91. The van der Waals surface area contributed by atoms with Crippen LogP contribution < -0.4 is 10.1 Å². The number of rotatable bonds is 4. The molecule has 108 valence electrons. The number of aromatic carboxylic acids is 1. The Morgan fingerprint density at radius 3 is 2.71 bits per heavy atom. The first-order chi connectivity index (χ1) is 10.0. The third kappa shape index (κ3) is 3.08. The number of carboxylic acid groups (broad SMARTS) is 1. The number of hydrogen-bond acceptors (Lipinski definition) is 5. The second-order valence-corrected chi connectivity index (χ2v) is 4.07. The maximum Gasteiger partial charge on any atom is 0.335 e. The highest BCUT2D eigenvalue weighted by atomic mass is 16.5. The number of carbonyl (C=O) groups is 2. The van der Waals surface area contributed by atoms with Gasteiger partial charge in [-0.05, 0) is 24.3 Å². The first-order valence-corrected chi connectivity index (χ1v) is 5.88. The van der Waals surface area contributed by atoms with Gasteiger partial charge in [-0.15, -0.1) is 0 Å². The van der Waals surface area contributed by atoms with Gasteiger partial charge in [0.2, 0.25) is 0 Å². The number of phenols is 1. The number of methoxy groups -OCH3 is 1. The number of ether oxygens (including phenoxy) is 1. The fourth-order valence-electron chi connectivity index (χ4n) is 1.69. The van der Waals surface area contributed by atoms with E-state index >= 15 is 0 Å². The van der Waals surface area contributed by atoms with E-state index in [1.165, 1.54) is 43.8 Å². The second-order valence-electron chi connectivity index (χ2n) is 4.07. The van der Waals surface area contributed by atoms with Crippen molar-refractivity contribution in [3.63, 3.8) is 0 Å². The molecule has 0 atom stereocenters. The number of nitrogens with one attached hydrogen (secondary N) is 1. The summed E-state index contributed by atoms with van der Waals surface area (Å²) in [5, 5.41) is 21.0. The lowest BCUT2D eigenvalue weighted by Gasteiger charge is -2.10. The molecule has 0 saturated carbocycles. The van der Waals surface area contributed by atoms with Crippen LogP contribution in [-0.4, -0.2) is 34.2 Å². The Kier molecular flexibility index (Phi) is 4.03. The standard InChI is InChI=1S/C14H12N2O5/c1-21-12-7-15-5-4-9(12)13(18)16-10-6-8(14(19)20)2-3-11(10)17/h2-7,17H,1H3,(H,16,18)(H,19,20). The molecule has 0 spiro atoms. The zero-order valence-electron chi connectivity index (χ0n) is 11.0. The average molecular weight is 288 g/mol. The van der Waals surface area contributed by atoms with Crippen molar-refractivity contribution in [2.45, 2.75) is 0 Å². The van der Waals surface area contributed by atoms with Crippen LogP contribution in [0.3, 0.4) is 0 Å². The summed E-state index contributed by atoms with van der Waals surface area (Å²) in [6.07, 6.45) is 2.80. The molecule has 0 saturated heterocycles. The third-order valence-electron chi connectivity index (χ3n) is 2.74. The Labute approximate surface area is 119 Å².